The summed E-state index contributed by atoms with van der Waals surface area (Å²) in [6.45, 7) is 3.93. The maximum atomic E-state index is 12.8. The van der Waals surface area contributed by atoms with E-state index in [2.05, 4.69) is 10.3 Å². The molecule has 0 aliphatic carbocycles. The van der Waals surface area contributed by atoms with Gasteiger partial charge in [0, 0.05) is 5.56 Å². The molecule has 2 aromatic rings. The van der Waals surface area contributed by atoms with Gasteiger partial charge < -0.3 is 10.6 Å². The molecular weight excluding hydrogens is 323 g/mol. The van der Waals surface area contributed by atoms with Crippen molar-refractivity contribution in [1.82, 2.24) is 9.78 Å². The topological polar surface area (TPSA) is 82.5 Å². The Morgan fingerprint density at radius 2 is 2.04 bits per heavy atom. The van der Waals surface area contributed by atoms with Gasteiger partial charge in [0.1, 0.15) is 5.82 Å². The van der Waals surface area contributed by atoms with Crippen molar-refractivity contribution in [2.24, 2.45) is 10.9 Å². The third-order valence-electron chi connectivity index (χ3n) is 3.21. The van der Waals surface area contributed by atoms with Crippen LogP contribution in [0.3, 0.4) is 0 Å². The monoisotopic (exact) mass is 338 g/mol. The van der Waals surface area contributed by atoms with E-state index in [0.29, 0.717) is 22.8 Å². The average molecular weight is 339 g/mol. The smallest absolute Gasteiger partial charge is 0.336 e. The van der Waals surface area contributed by atoms with Crippen LogP contribution in [-0.4, -0.2) is 21.6 Å². The lowest BCUT2D eigenvalue weighted by atomic mass is 10.2. The summed E-state index contributed by atoms with van der Waals surface area (Å²) in [7, 11) is 0. The van der Waals surface area contributed by atoms with Gasteiger partial charge in [-0.15, -0.1) is 0 Å². The minimum absolute atomic E-state index is 0.00694. The molecule has 0 aliphatic heterocycles. The van der Waals surface area contributed by atoms with Crippen LogP contribution in [0.5, 0.6) is 0 Å². The first-order chi connectivity index (χ1) is 10.9. The summed E-state index contributed by atoms with van der Waals surface area (Å²) in [4.78, 5) is 16.4. The van der Waals surface area contributed by atoms with Crippen molar-refractivity contribution in [2.75, 3.05) is 0 Å². The highest BCUT2D eigenvalue weighted by Gasteiger charge is 2.11. The molecule has 2 N–H and O–H groups in total. The van der Waals surface area contributed by atoms with Crippen LogP contribution in [0.15, 0.2) is 29.4 Å². The molecule has 0 spiro atoms. The summed E-state index contributed by atoms with van der Waals surface area (Å²) in [5.74, 6) is -0.951. The van der Waals surface area contributed by atoms with Crippen LogP contribution in [0.4, 0.5) is 4.39 Å². The Bertz CT molecular complexity index is 741. The van der Waals surface area contributed by atoms with Gasteiger partial charge in [0.25, 0.3) is 0 Å². The van der Waals surface area contributed by atoms with E-state index in [1.54, 1.807) is 11.6 Å². The number of carbonyl (C=O) groups is 1. The van der Waals surface area contributed by atoms with Gasteiger partial charge in [-0.1, -0.05) is 16.8 Å². The molecule has 122 valence electrons. The van der Waals surface area contributed by atoms with E-state index in [1.165, 1.54) is 24.3 Å². The molecule has 0 saturated heterocycles. The molecule has 0 fully saturated rings. The molecular formula is C15H16ClFN4O2. The summed E-state index contributed by atoms with van der Waals surface area (Å²) in [6, 6.07) is 5.37. The summed E-state index contributed by atoms with van der Waals surface area (Å²) in [5, 5.41) is 8.34. The number of hydrogen-bond acceptors (Lipinski definition) is 4. The highest BCUT2D eigenvalue weighted by molar-refractivity contribution is 6.31. The molecule has 1 heterocycles. The van der Waals surface area contributed by atoms with Gasteiger partial charge >= 0.3 is 5.97 Å². The molecule has 0 amide bonds. The maximum Gasteiger partial charge on any atom is 0.336 e. The number of halogens is 2. The number of aromatic nitrogens is 2. The van der Waals surface area contributed by atoms with E-state index < -0.39 is 5.97 Å². The minimum Gasteiger partial charge on any atom is -0.380 e. The van der Waals surface area contributed by atoms with E-state index in [0.717, 1.165) is 5.69 Å². The van der Waals surface area contributed by atoms with E-state index in [-0.39, 0.29) is 18.1 Å². The zero-order chi connectivity index (χ0) is 17.0. The van der Waals surface area contributed by atoms with Gasteiger partial charge in [-0.05, 0) is 38.1 Å². The molecule has 1 aromatic heterocycles. The second-order valence-electron chi connectivity index (χ2n) is 4.90. The Hall–Kier alpha value is -2.41. The fourth-order valence-corrected chi connectivity index (χ4v) is 2.04. The van der Waals surface area contributed by atoms with Crippen LogP contribution in [0.2, 0.25) is 5.02 Å². The normalized spacial score (nSPS) is 11.6. The van der Waals surface area contributed by atoms with Crippen molar-refractivity contribution in [3.63, 3.8) is 0 Å². The largest absolute Gasteiger partial charge is 0.380 e. The van der Waals surface area contributed by atoms with Crippen molar-refractivity contribution < 1.29 is 14.0 Å². The van der Waals surface area contributed by atoms with Crippen LogP contribution >= 0.6 is 11.6 Å². The number of oxime groups is 1. The Balaban J connectivity index is 1.90. The predicted molar refractivity (Wildman–Crippen MR) is 84.5 cm³/mol. The van der Waals surface area contributed by atoms with Crippen molar-refractivity contribution in [3.8, 4) is 0 Å². The van der Waals surface area contributed by atoms with Crippen molar-refractivity contribution in [1.29, 1.82) is 0 Å². The summed E-state index contributed by atoms with van der Waals surface area (Å²) < 4.78 is 14.4. The maximum absolute atomic E-state index is 12.8. The number of rotatable bonds is 5. The first-order valence-corrected chi connectivity index (χ1v) is 7.25. The number of aryl methyl sites for hydroxylation is 2. The highest BCUT2D eigenvalue weighted by atomic mass is 35.5. The van der Waals surface area contributed by atoms with E-state index in [4.69, 9.17) is 22.2 Å². The van der Waals surface area contributed by atoms with Gasteiger partial charge in [-0.3, -0.25) is 4.68 Å². The number of benzene rings is 1. The van der Waals surface area contributed by atoms with E-state index >= 15 is 0 Å². The number of carbonyl (C=O) groups excluding carboxylic acids is 1. The van der Waals surface area contributed by atoms with Crippen LogP contribution < -0.4 is 5.73 Å². The lowest BCUT2D eigenvalue weighted by molar-refractivity contribution is -0.144. The first kappa shape index (κ1) is 17.0. The van der Waals surface area contributed by atoms with Gasteiger partial charge in [0.15, 0.2) is 5.84 Å². The van der Waals surface area contributed by atoms with Crippen LogP contribution in [0, 0.1) is 19.7 Å². The molecule has 0 atom stereocenters. The number of nitrogens with zero attached hydrogens (tertiary/aromatic N) is 3. The minimum atomic E-state index is -0.557. The number of hydrogen-bond donors (Lipinski definition) is 1. The summed E-state index contributed by atoms with van der Waals surface area (Å²) in [5.41, 5.74) is 7.61. The van der Waals surface area contributed by atoms with Crippen LogP contribution in [0.25, 0.3) is 0 Å². The van der Waals surface area contributed by atoms with Gasteiger partial charge in [0.05, 0.1) is 29.4 Å². The third-order valence-corrected chi connectivity index (χ3v) is 3.75. The predicted octanol–water partition coefficient (Wildman–Crippen LogP) is 2.55. The van der Waals surface area contributed by atoms with E-state index in [1.807, 2.05) is 6.92 Å². The van der Waals surface area contributed by atoms with Crippen molar-refractivity contribution in [3.05, 3.63) is 52.1 Å². The lowest BCUT2D eigenvalue weighted by Gasteiger charge is -2.03. The van der Waals surface area contributed by atoms with Gasteiger partial charge in [-0.25, -0.2) is 9.18 Å². The Morgan fingerprint density at radius 3 is 2.61 bits per heavy atom. The van der Waals surface area contributed by atoms with Crippen molar-refractivity contribution in [2.45, 2.75) is 26.8 Å². The van der Waals surface area contributed by atoms with Crippen molar-refractivity contribution >= 4 is 23.4 Å². The average Bonchev–Trinajstić information content (AvgIpc) is 2.78. The molecule has 1 aromatic carbocycles. The molecule has 6 nitrogen and oxygen atoms in total. The van der Waals surface area contributed by atoms with Gasteiger partial charge in [-0.2, -0.15) is 5.10 Å². The fraction of sp³-hybridized carbons (Fsp3) is 0.267. The standard InChI is InChI=1S/C15H16ClFN4O2/c1-9-14(16)10(2)21(19-9)8-7-13(22)23-20-15(18)11-3-5-12(17)6-4-11/h3-6H,7-8H2,1-2H3,(H2,18,20). The lowest BCUT2D eigenvalue weighted by Crippen LogP contribution is -2.16. The molecule has 0 saturated carbocycles. The van der Waals surface area contributed by atoms with E-state index in [9.17, 15) is 9.18 Å². The zero-order valence-corrected chi connectivity index (χ0v) is 13.5. The Kier molecular flexibility index (Phi) is 5.33. The molecule has 8 heteroatoms. The molecule has 23 heavy (non-hydrogen) atoms. The molecule has 0 bridgehead atoms. The third kappa shape index (κ3) is 4.29. The SMILES string of the molecule is Cc1nn(CCC(=O)O/N=C(\N)c2ccc(F)cc2)c(C)c1Cl. The summed E-state index contributed by atoms with van der Waals surface area (Å²) in [6.07, 6.45) is 0.0679. The molecule has 0 radical (unpaired) electrons. The second kappa shape index (κ2) is 7.23. The Morgan fingerprint density at radius 1 is 1.39 bits per heavy atom. The fourth-order valence-electron chi connectivity index (χ4n) is 1.91. The second-order valence-corrected chi connectivity index (χ2v) is 5.28. The molecule has 0 aliphatic rings. The molecule has 2 rings (SSSR count). The highest BCUT2D eigenvalue weighted by Crippen LogP contribution is 2.19. The first-order valence-electron chi connectivity index (χ1n) is 6.87. The van der Waals surface area contributed by atoms with Gasteiger partial charge in [0.2, 0.25) is 0 Å². The summed E-state index contributed by atoms with van der Waals surface area (Å²) >= 11 is 6.03. The zero-order valence-electron chi connectivity index (χ0n) is 12.7. The quantitative estimate of drug-likeness (QED) is 0.393. The van der Waals surface area contributed by atoms with Crippen LogP contribution in [0.1, 0.15) is 23.4 Å². The number of nitrogens with two attached hydrogens (primary N) is 1. The molecule has 0 unspecified atom stereocenters. The number of amidine groups is 1. The van der Waals surface area contributed by atoms with Crippen LogP contribution in [-0.2, 0) is 16.2 Å². The Labute approximate surface area is 137 Å².